The standard InChI is InChI=1S/C13H14F12O2.C8H16O3/c1-4-8(2,3)7(26)27-5-9(16,17)11(20,21)13(24,25)12(22,23)10(18,19)6(14)15;1-4-8(2,3)7(10)11-6-5-9/h6H,4-5H2,1-3H3;9H,4-6H2,1-3H3. The molecule has 0 aromatic carbocycles. The summed E-state index contributed by atoms with van der Waals surface area (Å²) in [7, 11) is 0. The van der Waals surface area contributed by atoms with Gasteiger partial charge in [0.2, 0.25) is 0 Å². The summed E-state index contributed by atoms with van der Waals surface area (Å²) in [6.07, 6.45) is -4.91. The molecule has 0 atom stereocenters. The third-order valence-electron chi connectivity index (χ3n) is 5.52. The van der Waals surface area contributed by atoms with Crippen molar-refractivity contribution >= 4 is 11.9 Å². The zero-order valence-electron chi connectivity index (χ0n) is 21.2. The number of carbonyl (C=O) groups excluding carboxylic acids is 2. The molecule has 0 saturated heterocycles. The summed E-state index contributed by atoms with van der Waals surface area (Å²) in [5.74, 6) is -37.7. The molecule has 0 bridgehead atoms. The Morgan fingerprint density at radius 2 is 1.05 bits per heavy atom. The van der Waals surface area contributed by atoms with Crippen molar-refractivity contribution in [3.05, 3.63) is 0 Å². The minimum atomic E-state index is -7.63. The van der Waals surface area contributed by atoms with Crippen LogP contribution in [0.4, 0.5) is 52.7 Å². The number of halogens is 12. The molecule has 17 heteroatoms. The number of alkyl halides is 12. The smallest absolute Gasteiger partial charge is 0.384 e. The van der Waals surface area contributed by atoms with E-state index in [4.69, 9.17) is 9.84 Å². The zero-order valence-corrected chi connectivity index (χ0v) is 21.2. The van der Waals surface area contributed by atoms with Crippen molar-refractivity contribution in [1.29, 1.82) is 0 Å². The second-order valence-corrected chi connectivity index (χ2v) is 9.26. The SMILES string of the molecule is CCC(C)(C)C(=O)OCC(F)(F)C(F)(F)C(F)(F)C(F)(F)C(F)(F)C(F)F.CCC(C)(C)C(=O)OCCO. The minimum Gasteiger partial charge on any atom is -0.463 e. The van der Waals surface area contributed by atoms with E-state index in [0.717, 1.165) is 20.3 Å². The summed E-state index contributed by atoms with van der Waals surface area (Å²) in [5, 5.41) is 8.38. The predicted octanol–water partition coefficient (Wildman–Crippen LogP) is 6.37. The van der Waals surface area contributed by atoms with Crippen LogP contribution in [0.15, 0.2) is 0 Å². The lowest BCUT2D eigenvalue weighted by molar-refractivity contribution is -0.414. The Bertz CT molecular complexity index is 783. The number of hydrogen-bond acceptors (Lipinski definition) is 5. The molecular formula is C21H30F12O5. The maximum atomic E-state index is 13.4. The lowest BCUT2D eigenvalue weighted by Crippen LogP contribution is -2.69. The third kappa shape index (κ3) is 8.04. The van der Waals surface area contributed by atoms with Crippen LogP contribution >= 0.6 is 0 Å². The molecule has 0 aliphatic carbocycles. The van der Waals surface area contributed by atoms with E-state index in [2.05, 4.69) is 4.74 Å². The molecule has 0 radical (unpaired) electrons. The number of hydrogen-bond donors (Lipinski definition) is 1. The lowest BCUT2D eigenvalue weighted by atomic mass is 9.90. The fourth-order valence-corrected chi connectivity index (χ4v) is 1.84. The van der Waals surface area contributed by atoms with E-state index in [1.165, 1.54) is 6.92 Å². The first-order valence-corrected chi connectivity index (χ1v) is 10.8. The summed E-state index contributed by atoms with van der Waals surface area (Å²) in [6.45, 7) is 6.19. The van der Waals surface area contributed by atoms with Crippen LogP contribution in [0.5, 0.6) is 0 Å². The van der Waals surface area contributed by atoms with Crippen molar-refractivity contribution in [1.82, 2.24) is 0 Å². The first-order chi connectivity index (χ1) is 16.7. The summed E-state index contributed by atoms with van der Waals surface area (Å²) in [5.41, 5.74) is -1.98. The molecule has 0 rings (SSSR count). The molecule has 0 fully saturated rings. The van der Waals surface area contributed by atoms with E-state index in [0.29, 0.717) is 0 Å². The molecule has 0 spiro atoms. The molecule has 0 unspecified atom stereocenters. The highest BCUT2D eigenvalue weighted by molar-refractivity contribution is 5.76. The Labute approximate surface area is 210 Å². The van der Waals surface area contributed by atoms with Crippen molar-refractivity contribution in [2.45, 2.75) is 90.4 Å². The van der Waals surface area contributed by atoms with Gasteiger partial charge in [0.25, 0.3) is 0 Å². The molecule has 38 heavy (non-hydrogen) atoms. The molecule has 0 aromatic rings. The second kappa shape index (κ2) is 12.9. The molecule has 0 aromatic heterocycles. The molecule has 228 valence electrons. The number of ether oxygens (including phenoxy) is 2. The van der Waals surface area contributed by atoms with Crippen molar-refractivity contribution in [2.75, 3.05) is 19.8 Å². The van der Waals surface area contributed by atoms with Crippen LogP contribution < -0.4 is 0 Å². The number of esters is 2. The molecule has 0 aliphatic rings. The quantitative estimate of drug-likeness (QED) is 0.200. The first kappa shape index (κ1) is 38.2. The summed E-state index contributed by atoms with van der Waals surface area (Å²) >= 11 is 0. The summed E-state index contributed by atoms with van der Waals surface area (Å²) in [4.78, 5) is 22.5. The van der Waals surface area contributed by atoms with E-state index >= 15 is 0 Å². The highest BCUT2D eigenvalue weighted by Crippen LogP contribution is 2.58. The molecule has 0 aliphatic heterocycles. The van der Waals surface area contributed by atoms with Gasteiger partial charge in [-0.3, -0.25) is 9.59 Å². The van der Waals surface area contributed by atoms with Gasteiger partial charge in [-0.1, -0.05) is 13.8 Å². The largest absolute Gasteiger partial charge is 0.463 e. The van der Waals surface area contributed by atoms with Gasteiger partial charge in [0.1, 0.15) is 6.61 Å². The van der Waals surface area contributed by atoms with Gasteiger partial charge in [-0.25, -0.2) is 8.78 Å². The van der Waals surface area contributed by atoms with E-state index in [1.54, 1.807) is 0 Å². The number of carbonyl (C=O) groups is 2. The topological polar surface area (TPSA) is 72.8 Å². The molecule has 0 heterocycles. The van der Waals surface area contributed by atoms with Gasteiger partial charge >= 0.3 is 48.0 Å². The second-order valence-electron chi connectivity index (χ2n) is 9.26. The van der Waals surface area contributed by atoms with Crippen molar-refractivity contribution in [3.8, 4) is 0 Å². The van der Waals surface area contributed by atoms with E-state index in [1.807, 2.05) is 20.8 Å². The first-order valence-electron chi connectivity index (χ1n) is 10.8. The van der Waals surface area contributed by atoms with Gasteiger partial charge in [0, 0.05) is 0 Å². The molecule has 0 amide bonds. The average molecular weight is 590 g/mol. The van der Waals surface area contributed by atoms with Crippen LogP contribution in [0.25, 0.3) is 0 Å². The van der Waals surface area contributed by atoms with Gasteiger partial charge in [-0.15, -0.1) is 0 Å². The van der Waals surface area contributed by atoms with Crippen LogP contribution in [0.1, 0.15) is 54.4 Å². The molecule has 5 nitrogen and oxygen atoms in total. The van der Waals surface area contributed by atoms with Gasteiger partial charge < -0.3 is 14.6 Å². The van der Waals surface area contributed by atoms with Crippen LogP contribution in [-0.4, -0.2) is 72.9 Å². The van der Waals surface area contributed by atoms with Crippen molar-refractivity contribution < 1.29 is 76.9 Å². The Morgan fingerprint density at radius 3 is 1.37 bits per heavy atom. The van der Waals surface area contributed by atoms with Gasteiger partial charge in [0.05, 0.1) is 17.4 Å². The van der Waals surface area contributed by atoms with Crippen LogP contribution in [0, 0.1) is 10.8 Å². The van der Waals surface area contributed by atoms with Gasteiger partial charge in [-0.05, 0) is 40.5 Å². The van der Waals surface area contributed by atoms with E-state index < -0.39 is 59.4 Å². The molecule has 1 N–H and O–H groups in total. The molecule has 0 saturated carbocycles. The Morgan fingerprint density at radius 1 is 0.684 bits per heavy atom. The van der Waals surface area contributed by atoms with Crippen LogP contribution in [0.2, 0.25) is 0 Å². The van der Waals surface area contributed by atoms with E-state index in [-0.39, 0.29) is 25.6 Å². The maximum absolute atomic E-state index is 13.4. The van der Waals surface area contributed by atoms with Crippen LogP contribution in [-0.2, 0) is 19.1 Å². The fraction of sp³-hybridized carbons (Fsp3) is 0.905. The fourth-order valence-electron chi connectivity index (χ4n) is 1.84. The van der Waals surface area contributed by atoms with Crippen LogP contribution in [0.3, 0.4) is 0 Å². The summed E-state index contributed by atoms with van der Waals surface area (Å²) < 4.78 is 163. The van der Waals surface area contributed by atoms with Crippen molar-refractivity contribution in [2.24, 2.45) is 10.8 Å². The maximum Gasteiger partial charge on any atom is 0.384 e. The predicted molar refractivity (Wildman–Crippen MR) is 108 cm³/mol. The number of rotatable bonds is 13. The Balaban J connectivity index is 0. The van der Waals surface area contributed by atoms with Crippen molar-refractivity contribution in [3.63, 3.8) is 0 Å². The highest BCUT2D eigenvalue weighted by Gasteiger charge is 2.87. The summed E-state index contributed by atoms with van der Waals surface area (Å²) in [6, 6.07) is 0. The normalized spacial score (nSPS) is 14.1. The highest BCUT2D eigenvalue weighted by atomic mass is 19.4. The Kier molecular flexibility index (Phi) is 13.0. The third-order valence-corrected chi connectivity index (χ3v) is 5.52. The zero-order chi connectivity index (χ0) is 31.2. The van der Waals surface area contributed by atoms with Gasteiger partial charge in [-0.2, -0.15) is 43.9 Å². The average Bonchev–Trinajstić information content (AvgIpc) is 2.80. The number of aliphatic hydroxyl groups is 1. The molecular weight excluding hydrogens is 560 g/mol. The number of aliphatic hydroxyl groups excluding tert-OH is 1. The monoisotopic (exact) mass is 590 g/mol. The van der Waals surface area contributed by atoms with E-state index in [9.17, 15) is 62.3 Å². The minimum absolute atomic E-state index is 0.0946. The lowest BCUT2D eigenvalue weighted by Gasteiger charge is -2.39. The Hall–Kier alpha value is -1.94. The van der Waals surface area contributed by atoms with Gasteiger partial charge in [0.15, 0.2) is 6.61 Å².